The molecule has 0 amide bonds. The lowest BCUT2D eigenvalue weighted by Crippen LogP contribution is -2.51. The van der Waals surface area contributed by atoms with Crippen molar-refractivity contribution in [2.24, 2.45) is 5.84 Å². The number of rotatable bonds is 5. The zero-order chi connectivity index (χ0) is 15.4. The highest BCUT2D eigenvalue weighted by molar-refractivity contribution is 6.30. The molecule has 1 heterocycles. The van der Waals surface area contributed by atoms with Crippen molar-refractivity contribution in [3.8, 4) is 5.75 Å². The smallest absolute Gasteiger partial charge is 0.123 e. The summed E-state index contributed by atoms with van der Waals surface area (Å²) in [5, 5.41) is 0.695. The fraction of sp³-hybridized carbons (Fsp3) is 0.600. The van der Waals surface area contributed by atoms with E-state index in [1.165, 1.54) is 0 Å². The van der Waals surface area contributed by atoms with Gasteiger partial charge in [0.05, 0.1) is 13.2 Å². The number of nitrogens with one attached hydrogen (secondary N) is 1. The van der Waals surface area contributed by atoms with Crippen LogP contribution in [-0.4, -0.2) is 56.7 Å². The average molecular weight is 313 g/mol. The minimum Gasteiger partial charge on any atom is -0.496 e. The standard InChI is InChI=1S/C15H25ClN4O/c1-19-6-7-20(2)12(10-19)9-14(18-17)13-8-11(16)4-5-15(13)21-3/h4-5,8,12,14,18H,6-7,9-10,17H2,1-3H3. The Morgan fingerprint density at radius 2 is 2.19 bits per heavy atom. The van der Waals surface area contributed by atoms with Gasteiger partial charge in [0, 0.05) is 36.3 Å². The van der Waals surface area contributed by atoms with Crippen molar-refractivity contribution < 1.29 is 4.74 Å². The molecule has 0 aliphatic carbocycles. The maximum absolute atomic E-state index is 6.13. The quantitative estimate of drug-likeness (QED) is 0.637. The van der Waals surface area contributed by atoms with Crippen molar-refractivity contribution in [1.29, 1.82) is 0 Å². The Labute approximate surface area is 132 Å². The molecule has 1 aliphatic heterocycles. The van der Waals surface area contributed by atoms with Gasteiger partial charge in [-0.1, -0.05) is 11.6 Å². The summed E-state index contributed by atoms with van der Waals surface area (Å²) >= 11 is 6.13. The lowest BCUT2D eigenvalue weighted by Gasteiger charge is -2.39. The van der Waals surface area contributed by atoms with Crippen molar-refractivity contribution in [2.75, 3.05) is 40.8 Å². The summed E-state index contributed by atoms with van der Waals surface area (Å²) in [6.07, 6.45) is 0.911. The fourth-order valence-electron chi connectivity index (χ4n) is 2.89. The Morgan fingerprint density at radius 1 is 1.43 bits per heavy atom. The lowest BCUT2D eigenvalue weighted by atomic mass is 9.97. The summed E-state index contributed by atoms with van der Waals surface area (Å²) in [6.45, 7) is 3.22. The van der Waals surface area contributed by atoms with Crippen molar-refractivity contribution >= 4 is 11.6 Å². The third kappa shape index (κ3) is 4.08. The van der Waals surface area contributed by atoms with Crippen molar-refractivity contribution in [3.63, 3.8) is 0 Å². The highest BCUT2D eigenvalue weighted by Gasteiger charge is 2.27. The van der Waals surface area contributed by atoms with E-state index in [-0.39, 0.29) is 6.04 Å². The van der Waals surface area contributed by atoms with Crippen LogP contribution in [0, 0.1) is 0 Å². The van der Waals surface area contributed by atoms with Crippen LogP contribution >= 0.6 is 11.6 Å². The number of methoxy groups -OCH3 is 1. The molecule has 1 aliphatic rings. The molecular weight excluding hydrogens is 288 g/mol. The summed E-state index contributed by atoms with van der Waals surface area (Å²) in [6, 6.07) is 6.11. The maximum Gasteiger partial charge on any atom is 0.123 e. The van der Waals surface area contributed by atoms with E-state index >= 15 is 0 Å². The Balaban J connectivity index is 2.17. The van der Waals surface area contributed by atoms with E-state index in [4.69, 9.17) is 22.2 Å². The number of halogens is 1. The molecule has 2 rings (SSSR count). The normalized spacial score (nSPS) is 22.2. The second kappa shape index (κ2) is 7.42. The van der Waals surface area contributed by atoms with Gasteiger partial charge in [-0.2, -0.15) is 0 Å². The van der Waals surface area contributed by atoms with Gasteiger partial charge in [-0.25, -0.2) is 0 Å². The van der Waals surface area contributed by atoms with Gasteiger partial charge >= 0.3 is 0 Å². The number of hydrazine groups is 1. The summed E-state index contributed by atoms with van der Waals surface area (Å²) in [4.78, 5) is 4.74. The average Bonchev–Trinajstić information content (AvgIpc) is 2.48. The monoisotopic (exact) mass is 312 g/mol. The number of benzene rings is 1. The molecule has 2 unspecified atom stereocenters. The molecule has 1 aromatic rings. The van der Waals surface area contributed by atoms with Crippen molar-refractivity contribution in [2.45, 2.75) is 18.5 Å². The second-order valence-electron chi connectivity index (χ2n) is 5.74. The summed E-state index contributed by atoms with van der Waals surface area (Å²) in [5.74, 6) is 6.61. The number of nitrogens with two attached hydrogens (primary N) is 1. The van der Waals surface area contributed by atoms with Crippen LogP contribution in [0.4, 0.5) is 0 Å². The first-order valence-electron chi connectivity index (χ1n) is 7.23. The number of ether oxygens (including phenoxy) is 1. The van der Waals surface area contributed by atoms with Gasteiger partial charge < -0.3 is 14.5 Å². The third-order valence-corrected chi connectivity index (χ3v) is 4.49. The number of hydrogen-bond donors (Lipinski definition) is 2. The van der Waals surface area contributed by atoms with Gasteiger partial charge in [0.1, 0.15) is 5.75 Å². The number of likely N-dealkylation sites (N-methyl/N-ethyl adjacent to an activating group) is 2. The molecule has 0 spiro atoms. The Hall–Kier alpha value is -0.850. The minimum absolute atomic E-state index is 0.0117. The fourth-order valence-corrected chi connectivity index (χ4v) is 3.07. The van der Waals surface area contributed by atoms with Crippen molar-refractivity contribution in [1.82, 2.24) is 15.2 Å². The van der Waals surface area contributed by atoms with Crippen LogP contribution in [0.15, 0.2) is 18.2 Å². The van der Waals surface area contributed by atoms with E-state index in [1.54, 1.807) is 7.11 Å². The van der Waals surface area contributed by atoms with Gasteiger partial charge in [0.15, 0.2) is 0 Å². The highest BCUT2D eigenvalue weighted by atomic mass is 35.5. The van der Waals surface area contributed by atoms with Crippen LogP contribution in [0.2, 0.25) is 5.02 Å². The molecule has 3 N–H and O–H groups in total. The summed E-state index contributed by atoms with van der Waals surface area (Å²) in [5.41, 5.74) is 3.93. The molecule has 0 saturated carbocycles. The molecule has 0 aromatic heterocycles. The van der Waals surface area contributed by atoms with Gasteiger partial charge in [-0.05, 0) is 38.7 Å². The van der Waals surface area contributed by atoms with Crippen LogP contribution < -0.4 is 16.0 Å². The molecule has 1 aromatic carbocycles. The van der Waals surface area contributed by atoms with E-state index in [0.29, 0.717) is 11.1 Å². The van der Waals surface area contributed by atoms with Crippen LogP contribution in [0.1, 0.15) is 18.0 Å². The van der Waals surface area contributed by atoms with Gasteiger partial charge in [0.25, 0.3) is 0 Å². The van der Waals surface area contributed by atoms with E-state index in [9.17, 15) is 0 Å². The number of hydrogen-bond acceptors (Lipinski definition) is 5. The molecule has 2 atom stereocenters. The molecule has 21 heavy (non-hydrogen) atoms. The van der Waals surface area contributed by atoms with Gasteiger partial charge in [-0.3, -0.25) is 11.3 Å². The van der Waals surface area contributed by atoms with Crippen LogP contribution in [-0.2, 0) is 0 Å². The zero-order valence-corrected chi connectivity index (χ0v) is 13.7. The van der Waals surface area contributed by atoms with E-state index < -0.39 is 0 Å². The van der Waals surface area contributed by atoms with Gasteiger partial charge in [-0.15, -0.1) is 0 Å². The minimum atomic E-state index is 0.0117. The van der Waals surface area contributed by atoms with E-state index in [1.807, 2.05) is 18.2 Å². The Kier molecular flexibility index (Phi) is 5.84. The molecule has 0 bridgehead atoms. The third-order valence-electron chi connectivity index (χ3n) is 4.26. The summed E-state index contributed by atoms with van der Waals surface area (Å²) < 4.78 is 5.44. The van der Waals surface area contributed by atoms with Crippen LogP contribution in [0.3, 0.4) is 0 Å². The second-order valence-corrected chi connectivity index (χ2v) is 6.17. The molecule has 6 heteroatoms. The first-order valence-corrected chi connectivity index (χ1v) is 7.61. The SMILES string of the molecule is COc1ccc(Cl)cc1C(CC1CN(C)CCN1C)NN. The van der Waals surface area contributed by atoms with Gasteiger partial charge in [0.2, 0.25) is 0 Å². The zero-order valence-electron chi connectivity index (χ0n) is 13.0. The van der Waals surface area contributed by atoms with E-state index in [0.717, 1.165) is 37.4 Å². The Morgan fingerprint density at radius 3 is 2.86 bits per heavy atom. The lowest BCUT2D eigenvalue weighted by molar-refractivity contribution is 0.101. The molecule has 1 fully saturated rings. The first-order chi connectivity index (χ1) is 10.0. The Bertz CT molecular complexity index is 471. The largest absolute Gasteiger partial charge is 0.496 e. The van der Waals surface area contributed by atoms with Crippen molar-refractivity contribution in [3.05, 3.63) is 28.8 Å². The summed E-state index contributed by atoms with van der Waals surface area (Å²) in [7, 11) is 5.99. The molecule has 1 saturated heterocycles. The topological polar surface area (TPSA) is 53.8 Å². The molecular formula is C15H25ClN4O. The number of nitrogens with zero attached hydrogens (tertiary/aromatic N) is 2. The highest BCUT2D eigenvalue weighted by Crippen LogP contribution is 2.31. The predicted molar refractivity (Wildman–Crippen MR) is 86.6 cm³/mol. The predicted octanol–water partition coefficient (Wildman–Crippen LogP) is 1.49. The molecule has 0 radical (unpaired) electrons. The first kappa shape index (κ1) is 16.5. The maximum atomic E-state index is 6.13. The number of piperazine rings is 1. The molecule has 118 valence electrons. The van der Waals surface area contributed by atoms with E-state index in [2.05, 4.69) is 29.3 Å². The van der Waals surface area contributed by atoms with Crippen LogP contribution in [0.5, 0.6) is 5.75 Å². The van der Waals surface area contributed by atoms with Crippen LogP contribution in [0.25, 0.3) is 0 Å². The molecule has 5 nitrogen and oxygen atoms in total.